The summed E-state index contributed by atoms with van der Waals surface area (Å²) in [5.41, 5.74) is 3.89. The Morgan fingerprint density at radius 3 is 2.78 bits per heavy atom. The van der Waals surface area contributed by atoms with Crippen molar-refractivity contribution >= 4 is 11.6 Å². The van der Waals surface area contributed by atoms with Crippen molar-refractivity contribution in [2.45, 2.75) is 52.5 Å². The molecule has 0 aromatic carbocycles. The van der Waals surface area contributed by atoms with Crippen LogP contribution in [0.5, 0.6) is 5.75 Å². The van der Waals surface area contributed by atoms with Crippen LogP contribution < -0.4 is 4.74 Å². The molecule has 11 heteroatoms. The van der Waals surface area contributed by atoms with E-state index in [1.54, 1.807) is 15.6 Å². The number of halogens is 1. The first kappa shape index (κ1) is 24.7. The second-order valence-corrected chi connectivity index (χ2v) is 10.0. The smallest absolute Gasteiger partial charge is 0.410 e. The van der Waals surface area contributed by atoms with Crippen molar-refractivity contribution in [1.82, 2.24) is 29.3 Å². The largest absolute Gasteiger partial charge is 0.488 e. The van der Waals surface area contributed by atoms with E-state index < -0.39 is 17.5 Å². The molecule has 0 bridgehead atoms. The number of amides is 1. The van der Waals surface area contributed by atoms with Gasteiger partial charge in [-0.1, -0.05) is 0 Å². The molecular weight excluding hydrogens is 479 g/mol. The van der Waals surface area contributed by atoms with E-state index in [4.69, 9.17) is 14.6 Å². The predicted molar refractivity (Wildman–Crippen MR) is 132 cm³/mol. The van der Waals surface area contributed by atoms with E-state index in [0.717, 1.165) is 34.2 Å². The number of carbonyl (C=O) groups is 1. The van der Waals surface area contributed by atoms with Gasteiger partial charge in [-0.25, -0.2) is 13.7 Å². The van der Waals surface area contributed by atoms with Crippen molar-refractivity contribution in [3.63, 3.8) is 0 Å². The number of carbonyl (C=O) groups excluding carboxylic acids is 1. The molecule has 4 aromatic rings. The Morgan fingerprint density at radius 1 is 1.24 bits per heavy atom. The third-order valence-corrected chi connectivity index (χ3v) is 6.13. The molecule has 1 aliphatic rings. The zero-order valence-corrected chi connectivity index (χ0v) is 21.2. The number of aliphatic hydroxyl groups is 1. The maximum atomic E-state index is 13.2. The molecule has 0 saturated carbocycles. The van der Waals surface area contributed by atoms with Gasteiger partial charge in [0.25, 0.3) is 0 Å². The quantitative estimate of drug-likeness (QED) is 0.436. The minimum absolute atomic E-state index is 0.0769. The molecule has 5 heterocycles. The summed E-state index contributed by atoms with van der Waals surface area (Å²) >= 11 is 0. The fourth-order valence-electron chi connectivity index (χ4n) is 4.28. The molecule has 37 heavy (non-hydrogen) atoms. The van der Waals surface area contributed by atoms with E-state index in [2.05, 4.69) is 10.1 Å². The van der Waals surface area contributed by atoms with Crippen LogP contribution in [0, 0.1) is 12.7 Å². The lowest BCUT2D eigenvalue weighted by Crippen LogP contribution is -2.41. The Kier molecular flexibility index (Phi) is 6.32. The van der Waals surface area contributed by atoms with Gasteiger partial charge in [-0.2, -0.15) is 10.2 Å². The van der Waals surface area contributed by atoms with Crippen molar-refractivity contribution < 1.29 is 23.8 Å². The summed E-state index contributed by atoms with van der Waals surface area (Å²) in [6.45, 7) is 8.91. The minimum atomic E-state index is -1.03. The van der Waals surface area contributed by atoms with E-state index in [1.165, 1.54) is 12.1 Å². The van der Waals surface area contributed by atoms with Gasteiger partial charge in [-0.15, -0.1) is 0 Å². The summed E-state index contributed by atoms with van der Waals surface area (Å²) in [6, 6.07) is 6.34. The summed E-state index contributed by atoms with van der Waals surface area (Å²) in [4.78, 5) is 18.2. The Balaban J connectivity index is 1.40. The number of fused-ring (bicyclic) bond motifs is 2. The molecule has 0 spiro atoms. The van der Waals surface area contributed by atoms with E-state index in [1.807, 2.05) is 50.7 Å². The lowest BCUT2D eigenvalue weighted by molar-refractivity contribution is 0.0194. The van der Waals surface area contributed by atoms with E-state index in [-0.39, 0.29) is 12.7 Å². The molecule has 0 aliphatic carbocycles. The highest BCUT2D eigenvalue weighted by Gasteiger charge is 2.29. The molecular formula is C26H29FN6O4. The van der Waals surface area contributed by atoms with Gasteiger partial charge in [-0.3, -0.25) is 9.67 Å². The van der Waals surface area contributed by atoms with Crippen molar-refractivity contribution in [1.29, 1.82) is 0 Å². The standard InChI is InChI=1S/C26H29FN6O4/c1-16-21-14-31(25(35)37-26(2,3)4)9-10-32(21)30-24(16)17-11-23(20-7-8-29-33(20)13-17)36-15-22(34)19-6-5-18(27)12-28-19/h5-8,11-13,22,34H,9-10,14-15H2,1-4H3. The van der Waals surface area contributed by atoms with Gasteiger partial charge in [0.15, 0.2) is 0 Å². The average Bonchev–Trinajstić information content (AvgIpc) is 3.46. The number of aromatic nitrogens is 5. The number of aliphatic hydroxyl groups excluding tert-OH is 1. The van der Waals surface area contributed by atoms with Gasteiger partial charge in [0.05, 0.1) is 42.6 Å². The third kappa shape index (κ3) is 5.12. The van der Waals surface area contributed by atoms with Crippen LogP contribution in [0.15, 0.2) is 42.9 Å². The van der Waals surface area contributed by atoms with Gasteiger partial charge >= 0.3 is 6.09 Å². The highest BCUT2D eigenvalue weighted by Crippen LogP contribution is 2.32. The SMILES string of the molecule is Cc1c(-c2cc(OCC(O)c3ccc(F)cn3)c3ccnn3c2)nn2c1CN(C(=O)OC(C)(C)C)CC2. The maximum absolute atomic E-state index is 13.2. The summed E-state index contributed by atoms with van der Waals surface area (Å²) < 4.78 is 28.3. The number of hydrogen-bond donors (Lipinski definition) is 1. The number of nitrogens with zero attached hydrogens (tertiary/aromatic N) is 6. The molecule has 10 nitrogen and oxygen atoms in total. The molecule has 1 atom stereocenters. The topological polar surface area (TPSA) is 107 Å². The van der Waals surface area contributed by atoms with Gasteiger partial charge in [0.2, 0.25) is 0 Å². The van der Waals surface area contributed by atoms with Crippen molar-refractivity contribution in [2.24, 2.45) is 0 Å². The van der Waals surface area contributed by atoms with Crippen LogP contribution >= 0.6 is 0 Å². The summed E-state index contributed by atoms with van der Waals surface area (Å²) in [5.74, 6) is 0.0369. The molecule has 0 fully saturated rings. The van der Waals surface area contributed by atoms with Gasteiger partial charge in [-0.05, 0) is 52.0 Å². The van der Waals surface area contributed by atoms with E-state index in [9.17, 15) is 14.3 Å². The van der Waals surface area contributed by atoms with Crippen LogP contribution in [-0.2, 0) is 17.8 Å². The first-order valence-electron chi connectivity index (χ1n) is 12.0. The third-order valence-electron chi connectivity index (χ3n) is 6.13. The lowest BCUT2D eigenvalue weighted by atomic mass is 10.1. The summed E-state index contributed by atoms with van der Waals surface area (Å²) in [5, 5.41) is 19.7. The van der Waals surface area contributed by atoms with Crippen molar-refractivity contribution in [2.75, 3.05) is 13.2 Å². The predicted octanol–water partition coefficient (Wildman–Crippen LogP) is 3.90. The van der Waals surface area contributed by atoms with Crippen LogP contribution in [0.1, 0.15) is 43.8 Å². The zero-order valence-electron chi connectivity index (χ0n) is 21.2. The summed E-state index contributed by atoms with van der Waals surface area (Å²) in [7, 11) is 0. The fraction of sp³-hybridized carbons (Fsp3) is 0.385. The van der Waals surface area contributed by atoms with Gasteiger partial charge in [0, 0.05) is 23.9 Å². The van der Waals surface area contributed by atoms with Crippen LogP contribution in [0.4, 0.5) is 9.18 Å². The molecule has 4 aromatic heterocycles. The van der Waals surface area contributed by atoms with Gasteiger partial charge < -0.3 is 19.5 Å². The number of hydrogen-bond acceptors (Lipinski definition) is 7. The van der Waals surface area contributed by atoms with Crippen molar-refractivity contribution in [3.05, 3.63) is 65.6 Å². The lowest BCUT2D eigenvalue weighted by Gasteiger charge is -2.30. The second-order valence-electron chi connectivity index (χ2n) is 10.0. The monoisotopic (exact) mass is 508 g/mol. The molecule has 194 valence electrons. The number of rotatable bonds is 5. The second kappa shape index (κ2) is 9.47. The Labute approximate surface area is 213 Å². The number of pyridine rings is 2. The fourth-order valence-corrected chi connectivity index (χ4v) is 4.28. The number of ether oxygens (including phenoxy) is 2. The maximum Gasteiger partial charge on any atom is 0.410 e. The molecule has 1 amide bonds. The first-order valence-corrected chi connectivity index (χ1v) is 12.0. The molecule has 1 aliphatic heterocycles. The van der Waals surface area contributed by atoms with Crippen LogP contribution in [0.2, 0.25) is 0 Å². The van der Waals surface area contributed by atoms with Crippen LogP contribution in [0.3, 0.4) is 0 Å². The Hall–Kier alpha value is -3.99. The Bertz CT molecular complexity index is 1440. The van der Waals surface area contributed by atoms with Gasteiger partial charge in [0.1, 0.15) is 35.4 Å². The molecule has 0 saturated heterocycles. The Morgan fingerprint density at radius 2 is 2.05 bits per heavy atom. The molecule has 0 radical (unpaired) electrons. The molecule has 1 unspecified atom stereocenters. The highest BCUT2D eigenvalue weighted by atomic mass is 19.1. The normalized spacial score (nSPS) is 14.5. The zero-order chi connectivity index (χ0) is 26.3. The summed E-state index contributed by atoms with van der Waals surface area (Å²) in [6.07, 6.45) is 3.21. The van der Waals surface area contributed by atoms with Crippen molar-refractivity contribution in [3.8, 4) is 17.0 Å². The van der Waals surface area contributed by atoms with E-state index >= 15 is 0 Å². The average molecular weight is 509 g/mol. The van der Waals surface area contributed by atoms with Crippen LogP contribution in [-0.4, -0.2) is 59.2 Å². The molecule has 1 N–H and O–H groups in total. The van der Waals surface area contributed by atoms with Crippen LogP contribution in [0.25, 0.3) is 16.8 Å². The molecule has 5 rings (SSSR count). The first-order chi connectivity index (χ1) is 17.6. The highest BCUT2D eigenvalue weighted by molar-refractivity contribution is 5.72. The van der Waals surface area contributed by atoms with E-state index in [0.29, 0.717) is 31.1 Å². The minimum Gasteiger partial charge on any atom is -0.488 e.